The highest BCUT2D eigenvalue weighted by Crippen LogP contribution is 2.34. The van der Waals surface area contributed by atoms with Gasteiger partial charge in [-0.25, -0.2) is 0 Å². The molecule has 2 unspecified atom stereocenters. The Kier molecular flexibility index (Phi) is 9.02. The van der Waals surface area contributed by atoms with Gasteiger partial charge >= 0.3 is 5.97 Å². The molecule has 0 amide bonds. The van der Waals surface area contributed by atoms with Gasteiger partial charge in [-0.15, -0.1) is 0 Å². The van der Waals surface area contributed by atoms with Gasteiger partial charge < -0.3 is 23.7 Å². The molecule has 4 aromatic carbocycles. The summed E-state index contributed by atoms with van der Waals surface area (Å²) < 4.78 is 29.6. The van der Waals surface area contributed by atoms with Gasteiger partial charge in [-0.05, 0) is 96.8 Å². The van der Waals surface area contributed by atoms with Crippen LogP contribution in [0.15, 0.2) is 78.9 Å². The molecule has 0 bridgehead atoms. The van der Waals surface area contributed by atoms with Crippen LogP contribution in [0.25, 0.3) is 21.9 Å². The molecule has 0 radical (unpaired) electrons. The lowest BCUT2D eigenvalue weighted by atomic mass is 10.0. The van der Waals surface area contributed by atoms with Crippen LogP contribution in [-0.2, 0) is 20.7 Å². The van der Waals surface area contributed by atoms with Crippen LogP contribution in [-0.4, -0.2) is 31.8 Å². The fraction of sp³-hybridized carbons (Fsp3) is 0.361. The third kappa shape index (κ3) is 7.30. The van der Waals surface area contributed by atoms with E-state index in [1.165, 1.54) is 16.3 Å². The van der Waals surface area contributed by atoms with E-state index in [0.29, 0.717) is 36.9 Å². The number of benzene rings is 4. The van der Waals surface area contributed by atoms with E-state index in [1.54, 1.807) is 0 Å². The Morgan fingerprint density at radius 2 is 1.38 bits per heavy atom. The zero-order valence-corrected chi connectivity index (χ0v) is 24.2. The average Bonchev–Trinajstić information content (AvgIpc) is 3.02. The van der Waals surface area contributed by atoms with Crippen molar-refractivity contribution in [3.63, 3.8) is 0 Å². The van der Waals surface area contributed by atoms with E-state index in [2.05, 4.69) is 43.3 Å². The van der Waals surface area contributed by atoms with Gasteiger partial charge in [0.25, 0.3) is 0 Å². The third-order valence-corrected chi connectivity index (χ3v) is 7.83. The number of esters is 1. The molecule has 2 atom stereocenters. The first-order valence-corrected chi connectivity index (χ1v) is 15.1. The number of hydrogen-bond acceptors (Lipinski definition) is 6. The van der Waals surface area contributed by atoms with Gasteiger partial charge in [0.15, 0.2) is 24.1 Å². The van der Waals surface area contributed by atoms with Crippen molar-refractivity contribution in [2.24, 2.45) is 0 Å². The summed E-state index contributed by atoms with van der Waals surface area (Å²) >= 11 is 0. The molecule has 6 nitrogen and oxygen atoms in total. The molecular weight excluding hydrogens is 528 g/mol. The molecule has 218 valence electrons. The highest BCUT2D eigenvalue weighted by Gasteiger charge is 2.21. The van der Waals surface area contributed by atoms with Crippen molar-refractivity contribution in [1.82, 2.24) is 0 Å². The zero-order chi connectivity index (χ0) is 28.7. The molecule has 0 aliphatic carbocycles. The summed E-state index contributed by atoms with van der Waals surface area (Å²) in [5.74, 6) is 1.53. The molecule has 2 heterocycles. The standard InChI is InChI=1S/C36H38O6/c1-25-8-11-30-24-29(13-12-28(30)22-25)27-14-16-31(17-15-27)40-34(37)19-10-26-9-18-32(41-35-6-2-4-20-38-35)33(23-26)42-36-7-3-5-21-39-36/h8-9,11-18,22-24,35-36H,2-7,10,19-21H2,1H3. The minimum Gasteiger partial charge on any atom is -0.461 e. The van der Waals surface area contributed by atoms with Crippen LogP contribution in [0.3, 0.4) is 0 Å². The Hall–Kier alpha value is -3.87. The van der Waals surface area contributed by atoms with Crippen molar-refractivity contribution in [1.29, 1.82) is 0 Å². The summed E-state index contributed by atoms with van der Waals surface area (Å²) in [6.07, 6.45) is 6.16. The van der Waals surface area contributed by atoms with Crippen molar-refractivity contribution in [3.05, 3.63) is 90.0 Å². The number of ether oxygens (including phenoxy) is 5. The maximum atomic E-state index is 12.7. The number of rotatable bonds is 9. The molecule has 0 aromatic heterocycles. The smallest absolute Gasteiger partial charge is 0.311 e. The van der Waals surface area contributed by atoms with Gasteiger partial charge in [-0.1, -0.05) is 54.1 Å². The van der Waals surface area contributed by atoms with Crippen molar-refractivity contribution in [2.75, 3.05) is 13.2 Å². The molecule has 42 heavy (non-hydrogen) atoms. The van der Waals surface area contributed by atoms with Crippen LogP contribution in [0, 0.1) is 6.92 Å². The number of hydrogen-bond donors (Lipinski definition) is 0. The quantitative estimate of drug-likeness (QED) is 0.150. The van der Waals surface area contributed by atoms with Crippen LogP contribution in [0.2, 0.25) is 0 Å². The topological polar surface area (TPSA) is 63.2 Å². The number of carbonyl (C=O) groups excluding carboxylic acids is 1. The predicted octanol–water partition coefficient (Wildman–Crippen LogP) is 8.16. The SMILES string of the molecule is Cc1ccc2cc(-c3ccc(OC(=O)CCc4ccc(OC5CCCCO5)c(OC5CCCCO5)c4)cc3)ccc2c1. The fourth-order valence-electron chi connectivity index (χ4n) is 5.48. The lowest BCUT2D eigenvalue weighted by molar-refractivity contribution is -0.134. The molecule has 4 aromatic rings. The first-order chi connectivity index (χ1) is 20.6. The van der Waals surface area contributed by atoms with Crippen LogP contribution in [0.5, 0.6) is 17.2 Å². The van der Waals surface area contributed by atoms with E-state index in [-0.39, 0.29) is 25.0 Å². The summed E-state index contributed by atoms with van der Waals surface area (Å²) in [6.45, 7) is 3.51. The molecule has 2 aliphatic rings. The first kappa shape index (κ1) is 28.3. The summed E-state index contributed by atoms with van der Waals surface area (Å²) in [7, 11) is 0. The van der Waals surface area contributed by atoms with Crippen LogP contribution >= 0.6 is 0 Å². The monoisotopic (exact) mass is 566 g/mol. The Morgan fingerprint density at radius 3 is 2.10 bits per heavy atom. The average molecular weight is 567 g/mol. The summed E-state index contributed by atoms with van der Waals surface area (Å²) in [5.41, 5.74) is 4.42. The molecular formula is C36H38O6. The molecule has 2 aliphatic heterocycles. The van der Waals surface area contributed by atoms with Crippen molar-refractivity contribution < 1.29 is 28.5 Å². The second-order valence-electron chi connectivity index (χ2n) is 11.2. The second-order valence-corrected chi connectivity index (χ2v) is 11.2. The van der Waals surface area contributed by atoms with Crippen LogP contribution < -0.4 is 14.2 Å². The van der Waals surface area contributed by atoms with Gasteiger partial charge in [-0.3, -0.25) is 4.79 Å². The maximum Gasteiger partial charge on any atom is 0.311 e. The maximum absolute atomic E-state index is 12.7. The zero-order valence-electron chi connectivity index (χ0n) is 24.2. The van der Waals surface area contributed by atoms with E-state index in [9.17, 15) is 4.79 Å². The van der Waals surface area contributed by atoms with Crippen LogP contribution in [0.4, 0.5) is 0 Å². The van der Waals surface area contributed by atoms with Gasteiger partial charge in [0.1, 0.15) is 5.75 Å². The van der Waals surface area contributed by atoms with Crippen molar-refractivity contribution >= 4 is 16.7 Å². The highest BCUT2D eigenvalue weighted by molar-refractivity contribution is 5.88. The first-order valence-electron chi connectivity index (χ1n) is 15.1. The van der Waals surface area contributed by atoms with E-state index < -0.39 is 0 Å². The molecule has 0 saturated carbocycles. The van der Waals surface area contributed by atoms with E-state index >= 15 is 0 Å². The van der Waals surface area contributed by atoms with Gasteiger partial charge in [0.05, 0.1) is 13.2 Å². The lowest BCUT2D eigenvalue weighted by Crippen LogP contribution is -2.27. The van der Waals surface area contributed by atoms with Crippen molar-refractivity contribution in [2.45, 2.75) is 70.9 Å². The van der Waals surface area contributed by atoms with E-state index in [0.717, 1.165) is 55.2 Å². The molecule has 2 saturated heterocycles. The summed E-state index contributed by atoms with van der Waals surface area (Å²) in [5, 5.41) is 2.43. The minimum absolute atomic E-state index is 0.247. The largest absolute Gasteiger partial charge is 0.461 e. The van der Waals surface area contributed by atoms with Gasteiger partial charge in [0.2, 0.25) is 0 Å². The molecule has 0 spiro atoms. The Balaban J connectivity index is 1.07. The number of carbonyl (C=O) groups is 1. The fourth-order valence-corrected chi connectivity index (χ4v) is 5.48. The Bertz CT molecular complexity index is 1500. The molecule has 6 heteroatoms. The van der Waals surface area contributed by atoms with Gasteiger partial charge in [0, 0.05) is 19.3 Å². The highest BCUT2D eigenvalue weighted by atomic mass is 16.7. The Morgan fingerprint density at radius 1 is 0.714 bits per heavy atom. The van der Waals surface area contributed by atoms with E-state index in [1.807, 2.05) is 42.5 Å². The summed E-state index contributed by atoms with van der Waals surface area (Å²) in [6, 6.07) is 26.4. The van der Waals surface area contributed by atoms with Crippen LogP contribution in [0.1, 0.15) is 56.1 Å². The Labute approximate surface area is 247 Å². The van der Waals surface area contributed by atoms with E-state index in [4.69, 9.17) is 23.7 Å². The number of fused-ring (bicyclic) bond motifs is 1. The lowest BCUT2D eigenvalue weighted by Gasteiger charge is -2.27. The number of aryl methyl sites for hydroxylation is 2. The van der Waals surface area contributed by atoms with Crippen molar-refractivity contribution in [3.8, 4) is 28.4 Å². The minimum atomic E-state index is -0.296. The van der Waals surface area contributed by atoms with Gasteiger partial charge in [-0.2, -0.15) is 0 Å². The molecule has 0 N–H and O–H groups in total. The molecule has 2 fully saturated rings. The normalized spacial score (nSPS) is 18.9. The summed E-state index contributed by atoms with van der Waals surface area (Å²) in [4.78, 5) is 12.7. The second kappa shape index (κ2) is 13.4. The molecule has 6 rings (SSSR count). The third-order valence-electron chi connectivity index (χ3n) is 7.83. The predicted molar refractivity (Wildman–Crippen MR) is 163 cm³/mol.